The first kappa shape index (κ1) is 26.7. The molecule has 0 amide bonds. The van der Waals surface area contributed by atoms with Crippen molar-refractivity contribution in [3.8, 4) is 11.1 Å². The fraction of sp³-hybridized carbons (Fsp3) is 0.393. The molecule has 2 aliphatic carbocycles. The van der Waals surface area contributed by atoms with E-state index < -0.39 is 11.0 Å². The number of pyridine rings is 1. The molecule has 1 atom stereocenters. The number of Topliss-reactive ketones (excluding diaryl/α,β-unsaturated/α-hetero) is 1. The van der Waals surface area contributed by atoms with Crippen molar-refractivity contribution >= 4 is 22.8 Å². The summed E-state index contributed by atoms with van der Waals surface area (Å²) < 4.78 is 15.9. The molecule has 35 heavy (non-hydrogen) atoms. The maximum atomic E-state index is 12.9. The SMILES string of the molecule is C=Cc1ncc(-c2cnn(C)c2)cc1C(=O)C1=CC=CCC=C1.CCS(=O)NCC1CCCCC1. The summed E-state index contributed by atoms with van der Waals surface area (Å²) in [5, 5.41) is 4.16. The van der Waals surface area contributed by atoms with Gasteiger partial charge in [-0.15, -0.1) is 0 Å². The Hall–Kier alpha value is -2.90. The van der Waals surface area contributed by atoms with E-state index >= 15 is 0 Å². The number of nitrogens with one attached hydrogen (secondary N) is 1. The molecule has 0 radical (unpaired) electrons. The number of nitrogens with zero attached hydrogens (tertiary/aromatic N) is 3. The highest BCUT2D eigenvalue weighted by atomic mass is 32.2. The van der Waals surface area contributed by atoms with Gasteiger partial charge in [0.25, 0.3) is 0 Å². The summed E-state index contributed by atoms with van der Waals surface area (Å²) in [6.07, 6.45) is 24.2. The summed E-state index contributed by atoms with van der Waals surface area (Å²) in [5.74, 6) is 1.46. The van der Waals surface area contributed by atoms with Crippen LogP contribution in [0, 0.1) is 5.92 Å². The number of aromatic nitrogens is 3. The van der Waals surface area contributed by atoms with E-state index in [9.17, 15) is 9.00 Å². The third-order valence-corrected chi connectivity index (χ3v) is 7.17. The van der Waals surface area contributed by atoms with Gasteiger partial charge in [0, 0.05) is 54.0 Å². The molecule has 2 aromatic heterocycles. The third kappa shape index (κ3) is 8.08. The molecule has 1 unspecified atom stereocenters. The monoisotopic (exact) mass is 492 g/mol. The fourth-order valence-corrected chi connectivity index (χ4v) is 4.76. The van der Waals surface area contributed by atoms with Crippen molar-refractivity contribution in [2.75, 3.05) is 12.3 Å². The minimum Gasteiger partial charge on any atom is -0.289 e. The maximum absolute atomic E-state index is 12.9. The highest BCUT2D eigenvalue weighted by Crippen LogP contribution is 2.24. The molecule has 7 heteroatoms. The van der Waals surface area contributed by atoms with E-state index in [1.54, 1.807) is 23.2 Å². The Labute approximate surface area is 211 Å². The van der Waals surface area contributed by atoms with Gasteiger partial charge < -0.3 is 0 Å². The first-order chi connectivity index (χ1) is 17.0. The zero-order chi connectivity index (χ0) is 25.0. The molecule has 6 nitrogen and oxygen atoms in total. The number of carbonyl (C=O) groups is 1. The van der Waals surface area contributed by atoms with E-state index in [1.165, 1.54) is 32.1 Å². The zero-order valence-corrected chi connectivity index (χ0v) is 21.6. The Morgan fingerprint density at radius 3 is 2.71 bits per heavy atom. The van der Waals surface area contributed by atoms with E-state index in [0.717, 1.165) is 35.8 Å². The molecule has 0 aromatic carbocycles. The number of ketones is 1. The van der Waals surface area contributed by atoms with Gasteiger partial charge in [-0.1, -0.05) is 63.1 Å². The minimum atomic E-state index is -0.779. The molecule has 2 aliphatic rings. The molecule has 0 bridgehead atoms. The number of hydrogen-bond acceptors (Lipinski definition) is 4. The molecule has 1 saturated carbocycles. The van der Waals surface area contributed by atoms with Crippen molar-refractivity contribution in [3.63, 3.8) is 0 Å². The van der Waals surface area contributed by atoms with Crippen LogP contribution in [-0.2, 0) is 18.0 Å². The van der Waals surface area contributed by atoms with Crippen LogP contribution in [-0.4, -0.2) is 37.1 Å². The highest BCUT2D eigenvalue weighted by Gasteiger charge is 2.16. The predicted octanol–water partition coefficient (Wildman–Crippen LogP) is 5.59. The molecule has 1 N–H and O–H groups in total. The Kier molecular flexibility index (Phi) is 10.6. The van der Waals surface area contributed by atoms with Crippen molar-refractivity contribution in [1.82, 2.24) is 19.5 Å². The summed E-state index contributed by atoms with van der Waals surface area (Å²) in [7, 11) is 1.08. The first-order valence-electron chi connectivity index (χ1n) is 12.3. The average molecular weight is 493 g/mol. The highest BCUT2D eigenvalue weighted by molar-refractivity contribution is 7.82. The molecule has 0 aliphatic heterocycles. The summed E-state index contributed by atoms with van der Waals surface area (Å²) >= 11 is 0. The van der Waals surface area contributed by atoms with E-state index in [2.05, 4.69) is 21.4 Å². The van der Waals surface area contributed by atoms with Crippen LogP contribution in [0.15, 0.2) is 67.2 Å². The predicted molar refractivity (Wildman–Crippen MR) is 145 cm³/mol. The van der Waals surface area contributed by atoms with Gasteiger partial charge in [0.1, 0.15) is 0 Å². The van der Waals surface area contributed by atoms with Crippen LogP contribution in [0.25, 0.3) is 17.2 Å². The van der Waals surface area contributed by atoms with Crippen molar-refractivity contribution in [3.05, 3.63) is 78.4 Å². The van der Waals surface area contributed by atoms with Gasteiger partial charge in [-0.05, 0) is 37.3 Å². The lowest BCUT2D eigenvalue weighted by atomic mass is 9.90. The Morgan fingerprint density at radius 1 is 1.23 bits per heavy atom. The van der Waals surface area contributed by atoms with Crippen LogP contribution in [0.2, 0.25) is 0 Å². The topological polar surface area (TPSA) is 76.9 Å². The van der Waals surface area contributed by atoms with Crippen LogP contribution in [0.4, 0.5) is 0 Å². The number of aryl methyl sites for hydroxylation is 1. The Balaban J connectivity index is 0.000000241. The van der Waals surface area contributed by atoms with Crippen LogP contribution in [0.3, 0.4) is 0 Å². The number of rotatable bonds is 8. The lowest BCUT2D eigenvalue weighted by molar-refractivity contribution is 0.103. The average Bonchev–Trinajstić information content (AvgIpc) is 3.15. The maximum Gasteiger partial charge on any atom is 0.195 e. The van der Waals surface area contributed by atoms with Gasteiger partial charge in [-0.2, -0.15) is 5.10 Å². The second kappa shape index (κ2) is 13.9. The second-order valence-electron chi connectivity index (χ2n) is 8.77. The molecular weight excluding hydrogens is 456 g/mol. The normalized spacial score (nSPS) is 16.6. The summed E-state index contributed by atoms with van der Waals surface area (Å²) in [4.78, 5) is 17.2. The van der Waals surface area contributed by atoms with Crippen molar-refractivity contribution in [1.29, 1.82) is 0 Å². The molecule has 2 aromatic rings. The van der Waals surface area contributed by atoms with Crippen LogP contribution in [0.5, 0.6) is 0 Å². The lowest BCUT2D eigenvalue weighted by Crippen LogP contribution is -2.27. The van der Waals surface area contributed by atoms with Crippen LogP contribution >= 0.6 is 0 Å². The summed E-state index contributed by atoms with van der Waals surface area (Å²) in [6, 6.07) is 1.85. The van der Waals surface area contributed by atoms with Gasteiger partial charge in [-0.3, -0.25) is 14.5 Å². The summed E-state index contributed by atoms with van der Waals surface area (Å²) in [6.45, 7) is 6.67. The van der Waals surface area contributed by atoms with E-state index in [4.69, 9.17) is 0 Å². The van der Waals surface area contributed by atoms with Crippen molar-refractivity contribution in [2.24, 2.45) is 13.0 Å². The van der Waals surface area contributed by atoms with Crippen LogP contribution < -0.4 is 4.72 Å². The molecular formula is C28H36N4O2S. The van der Waals surface area contributed by atoms with Gasteiger partial charge in [-0.25, -0.2) is 8.93 Å². The number of allylic oxidation sites excluding steroid dienone is 6. The Morgan fingerprint density at radius 2 is 2.03 bits per heavy atom. The quantitative estimate of drug-likeness (QED) is 0.487. The minimum absolute atomic E-state index is 0.0547. The van der Waals surface area contributed by atoms with E-state index in [0.29, 0.717) is 16.8 Å². The molecule has 4 rings (SSSR count). The fourth-order valence-electron chi connectivity index (χ4n) is 4.14. The van der Waals surface area contributed by atoms with Crippen molar-refractivity contribution in [2.45, 2.75) is 45.4 Å². The van der Waals surface area contributed by atoms with E-state index in [-0.39, 0.29) is 5.78 Å². The summed E-state index contributed by atoms with van der Waals surface area (Å²) in [5.41, 5.74) is 3.57. The number of carbonyl (C=O) groups excluding carboxylic acids is 1. The number of hydrogen-bond donors (Lipinski definition) is 1. The molecule has 0 spiro atoms. The molecule has 186 valence electrons. The van der Waals surface area contributed by atoms with Gasteiger partial charge in [0.2, 0.25) is 0 Å². The standard InChI is InChI=1S/C19H17N3O.C9H19NOS/c1-3-18-17(19(23)14-8-6-4-5-7-9-14)10-15(11-20-18)16-12-21-22(2)13-16;1-2-12(11)10-8-9-6-4-3-5-7-9/h3-4,6-13H,1,5H2,2H3;9-10H,2-8H2,1H3. The van der Waals surface area contributed by atoms with Gasteiger partial charge in [0.05, 0.1) is 22.9 Å². The van der Waals surface area contributed by atoms with E-state index in [1.807, 2.05) is 56.6 Å². The zero-order valence-electron chi connectivity index (χ0n) is 20.8. The largest absolute Gasteiger partial charge is 0.289 e. The van der Waals surface area contributed by atoms with Crippen molar-refractivity contribution < 1.29 is 9.00 Å². The molecule has 0 saturated heterocycles. The van der Waals surface area contributed by atoms with Gasteiger partial charge >= 0.3 is 0 Å². The third-order valence-electron chi connectivity index (χ3n) is 6.16. The second-order valence-corrected chi connectivity index (χ2v) is 10.3. The molecule has 1 fully saturated rings. The van der Waals surface area contributed by atoms with Gasteiger partial charge in [0.15, 0.2) is 5.78 Å². The molecule has 2 heterocycles. The Bertz CT molecular complexity index is 1120. The first-order valence-corrected chi connectivity index (χ1v) is 13.6. The van der Waals surface area contributed by atoms with Crippen LogP contribution in [0.1, 0.15) is 61.5 Å². The smallest absolute Gasteiger partial charge is 0.195 e. The lowest BCUT2D eigenvalue weighted by Gasteiger charge is -2.21.